The fourth-order valence-corrected chi connectivity index (χ4v) is 2.27. The topological polar surface area (TPSA) is 41.6 Å². The van der Waals surface area contributed by atoms with E-state index in [2.05, 4.69) is 5.32 Å². The smallest absolute Gasteiger partial charge is 0.238 e. The van der Waals surface area contributed by atoms with Crippen LogP contribution in [0.25, 0.3) is 0 Å². The third kappa shape index (κ3) is 3.02. The number of hydrogen-bond acceptors (Lipinski definition) is 3. The summed E-state index contributed by atoms with van der Waals surface area (Å²) in [6.45, 7) is 4.12. The number of rotatable bonds is 5. The van der Waals surface area contributed by atoms with Gasteiger partial charge in [0.1, 0.15) is 6.17 Å². The first-order chi connectivity index (χ1) is 8.72. The summed E-state index contributed by atoms with van der Waals surface area (Å²) >= 11 is 5.98. The SMILES string of the molecule is CCOCCN1C(=O)CNC1c1cccc(Cl)c1. The van der Waals surface area contributed by atoms with Crippen molar-refractivity contribution in [1.82, 2.24) is 10.2 Å². The molecule has 0 saturated carbocycles. The maximum absolute atomic E-state index is 11.8. The molecule has 1 unspecified atom stereocenters. The van der Waals surface area contributed by atoms with Crippen LogP contribution >= 0.6 is 11.6 Å². The van der Waals surface area contributed by atoms with Crippen LogP contribution in [0.2, 0.25) is 5.02 Å². The summed E-state index contributed by atoms with van der Waals surface area (Å²) in [5.74, 6) is 0.0969. The van der Waals surface area contributed by atoms with Gasteiger partial charge in [-0.1, -0.05) is 23.7 Å². The summed E-state index contributed by atoms with van der Waals surface area (Å²) in [7, 11) is 0. The molecule has 1 aliphatic rings. The van der Waals surface area contributed by atoms with Gasteiger partial charge in [-0.25, -0.2) is 0 Å². The number of nitrogens with one attached hydrogen (secondary N) is 1. The zero-order valence-electron chi connectivity index (χ0n) is 10.4. The molecule has 0 aromatic heterocycles. The predicted octanol–water partition coefficient (Wildman–Crippen LogP) is 1.81. The van der Waals surface area contributed by atoms with Crippen molar-refractivity contribution < 1.29 is 9.53 Å². The Morgan fingerprint density at radius 3 is 3.11 bits per heavy atom. The number of nitrogens with zero attached hydrogens (tertiary/aromatic N) is 1. The van der Waals surface area contributed by atoms with Crippen molar-refractivity contribution in [1.29, 1.82) is 0 Å². The highest BCUT2D eigenvalue weighted by Gasteiger charge is 2.31. The number of carbonyl (C=O) groups is 1. The van der Waals surface area contributed by atoms with Gasteiger partial charge in [0.2, 0.25) is 5.91 Å². The highest BCUT2D eigenvalue weighted by molar-refractivity contribution is 6.30. The molecule has 1 atom stereocenters. The van der Waals surface area contributed by atoms with E-state index in [4.69, 9.17) is 16.3 Å². The first-order valence-electron chi connectivity index (χ1n) is 6.08. The minimum Gasteiger partial charge on any atom is -0.380 e. The number of hydrogen-bond donors (Lipinski definition) is 1. The number of ether oxygens (including phenoxy) is 1. The van der Waals surface area contributed by atoms with Crippen molar-refractivity contribution in [2.75, 3.05) is 26.3 Å². The summed E-state index contributed by atoms with van der Waals surface area (Å²) in [6.07, 6.45) is -0.100. The minimum atomic E-state index is -0.100. The molecule has 1 N–H and O–H groups in total. The van der Waals surface area contributed by atoms with E-state index in [1.165, 1.54) is 0 Å². The Hall–Kier alpha value is -1.10. The molecule has 0 bridgehead atoms. The largest absolute Gasteiger partial charge is 0.380 e. The minimum absolute atomic E-state index is 0.0969. The zero-order valence-corrected chi connectivity index (χ0v) is 11.1. The van der Waals surface area contributed by atoms with E-state index in [9.17, 15) is 4.79 Å². The van der Waals surface area contributed by atoms with Crippen molar-refractivity contribution in [2.45, 2.75) is 13.1 Å². The van der Waals surface area contributed by atoms with E-state index in [1.807, 2.05) is 31.2 Å². The monoisotopic (exact) mass is 268 g/mol. The third-order valence-corrected chi connectivity index (χ3v) is 3.16. The van der Waals surface area contributed by atoms with Crippen LogP contribution in [-0.4, -0.2) is 37.1 Å². The van der Waals surface area contributed by atoms with Crippen LogP contribution in [-0.2, 0) is 9.53 Å². The maximum atomic E-state index is 11.8. The Morgan fingerprint density at radius 1 is 1.56 bits per heavy atom. The standard InChI is InChI=1S/C13H17ClN2O2/c1-2-18-7-6-16-12(17)9-15-13(16)10-4-3-5-11(14)8-10/h3-5,8,13,15H,2,6-7,9H2,1H3. The van der Waals surface area contributed by atoms with Crippen LogP contribution in [0.15, 0.2) is 24.3 Å². The summed E-state index contributed by atoms with van der Waals surface area (Å²) in [6, 6.07) is 7.57. The third-order valence-electron chi connectivity index (χ3n) is 2.92. The van der Waals surface area contributed by atoms with E-state index < -0.39 is 0 Å². The fourth-order valence-electron chi connectivity index (χ4n) is 2.08. The predicted molar refractivity (Wildman–Crippen MR) is 70.4 cm³/mol. The summed E-state index contributed by atoms with van der Waals surface area (Å²) in [5, 5.41) is 3.87. The molecule has 1 fully saturated rings. The normalized spacial score (nSPS) is 19.6. The lowest BCUT2D eigenvalue weighted by molar-refractivity contribution is -0.128. The number of carbonyl (C=O) groups excluding carboxylic acids is 1. The molecule has 5 heteroatoms. The Bertz CT molecular complexity index is 425. The Kier molecular flexibility index (Phi) is 4.58. The van der Waals surface area contributed by atoms with Gasteiger partial charge < -0.3 is 9.64 Å². The lowest BCUT2D eigenvalue weighted by atomic mass is 10.1. The van der Waals surface area contributed by atoms with Crippen LogP contribution in [0.4, 0.5) is 0 Å². The van der Waals surface area contributed by atoms with E-state index >= 15 is 0 Å². The molecule has 0 radical (unpaired) electrons. The molecule has 1 amide bonds. The van der Waals surface area contributed by atoms with Gasteiger partial charge in [0, 0.05) is 18.2 Å². The highest BCUT2D eigenvalue weighted by atomic mass is 35.5. The van der Waals surface area contributed by atoms with Gasteiger partial charge >= 0.3 is 0 Å². The van der Waals surface area contributed by atoms with Crippen LogP contribution in [0.1, 0.15) is 18.7 Å². The lowest BCUT2D eigenvalue weighted by Crippen LogP contribution is -2.33. The molecular weight excluding hydrogens is 252 g/mol. The van der Waals surface area contributed by atoms with Crippen LogP contribution in [0.5, 0.6) is 0 Å². The average molecular weight is 269 g/mol. The Labute approximate surface area is 112 Å². The van der Waals surface area contributed by atoms with Gasteiger partial charge in [0.15, 0.2) is 0 Å². The first-order valence-corrected chi connectivity index (χ1v) is 6.46. The van der Waals surface area contributed by atoms with E-state index in [-0.39, 0.29) is 12.1 Å². The molecule has 4 nitrogen and oxygen atoms in total. The number of benzene rings is 1. The van der Waals surface area contributed by atoms with Gasteiger partial charge in [-0.3, -0.25) is 10.1 Å². The molecule has 2 rings (SSSR count). The van der Waals surface area contributed by atoms with Crippen molar-refractivity contribution >= 4 is 17.5 Å². The quantitative estimate of drug-likeness (QED) is 0.828. The second-order valence-corrected chi connectivity index (χ2v) is 4.56. The van der Waals surface area contributed by atoms with Crippen LogP contribution in [0.3, 0.4) is 0 Å². The van der Waals surface area contributed by atoms with Gasteiger partial charge in [0.05, 0.1) is 13.2 Å². The lowest BCUT2D eigenvalue weighted by Gasteiger charge is -2.24. The average Bonchev–Trinajstić information content (AvgIpc) is 2.72. The van der Waals surface area contributed by atoms with Crippen molar-refractivity contribution in [2.24, 2.45) is 0 Å². The van der Waals surface area contributed by atoms with Gasteiger partial charge in [-0.05, 0) is 24.6 Å². The summed E-state index contributed by atoms with van der Waals surface area (Å²) in [4.78, 5) is 13.6. The van der Waals surface area contributed by atoms with E-state index in [1.54, 1.807) is 4.90 Å². The van der Waals surface area contributed by atoms with Gasteiger partial charge in [-0.2, -0.15) is 0 Å². The molecule has 1 aromatic carbocycles. The molecule has 1 saturated heterocycles. The van der Waals surface area contributed by atoms with Crippen molar-refractivity contribution in [3.8, 4) is 0 Å². The second kappa shape index (κ2) is 6.18. The van der Waals surface area contributed by atoms with Gasteiger partial charge in [-0.15, -0.1) is 0 Å². The number of amides is 1. The molecule has 18 heavy (non-hydrogen) atoms. The molecule has 98 valence electrons. The summed E-state index contributed by atoms with van der Waals surface area (Å²) < 4.78 is 5.30. The highest BCUT2D eigenvalue weighted by Crippen LogP contribution is 2.24. The summed E-state index contributed by atoms with van der Waals surface area (Å²) in [5.41, 5.74) is 1.00. The maximum Gasteiger partial charge on any atom is 0.238 e. The fraction of sp³-hybridized carbons (Fsp3) is 0.462. The van der Waals surface area contributed by atoms with Crippen LogP contribution < -0.4 is 5.32 Å². The van der Waals surface area contributed by atoms with E-state index in [0.717, 1.165) is 5.56 Å². The zero-order chi connectivity index (χ0) is 13.0. The van der Waals surface area contributed by atoms with Crippen LogP contribution in [0, 0.1) is 0 Å². The Balaban J connectivity index is 2.08. The van der Waals surface area contributed by atoms with Gasteiger partial charge in [0.25, 0.3) is 0 Å². The Morgan fingerprint density at radius 2 is 2.39 bits per heavy atom. The molecular formula is C13H17ClN2O2. The second-order valence-electron chi connectivity index (χ2n) is 4.12. The molecule has 1 aliphatic heterocycles. The molecule has 0 aliphatic carbocycles. The molecule has 1 heterocycles. The molecule has 1 aromatic rings. The van der Waals surface area contributed by atoms with E-state index in [0.29, 0.717) is 31.3 Å². The molecule has 0 spiro atoms. The van der Waals surface area contributed by atoms with Crippen molar-refractivity contribution in [3.05, 3.63) is 34.9 Å². The first kappa shape index (κ1) is 13.3. The van der Waals surface area contributed by atoms with Crippen molar-refractivity contribution in [3.63, 3.8) is 0 Å². The number of halogens is 1.